The predicted molar refractivity (Wildman–Crippen MR) is 145 cm³/mol. The molecule has 0 atom stereocenters. The smallest absolute Gasteiger partial charge is 0.423 e. The van der Waals surface area contributed by atoms with Crippen LogP contribution in [-0.2, 0) is 0 Å². The van der Waals surface area contributed by atoms with Crippen molar-refractivity contribution in [3.8, 4) is 0 Å². The van der Waals surface area contributed by atoms with Crippen LogP contribution in [0.1, 0.15) is 0 Å². The van der Waals surface area contributed by atoms with Gasteiger partial charge < -0.3 is 20.1 Å². The molecule has 4 nitrogen and oxygen atoms in total. The summed E-state index contributed by atoms with van der Waals surface area (Å²) in [6.45, 7) is 0. The first-order chi connectivity index (χ1) is 18.2. The third-order valence-corrected chi connectivity index (χ3v) is 7.93. The molecule has 0 amide bonds. The SMILES string of the molecule is CSSc1c(F)c(F)c(B(O)O)c(F)c1F.CSSc1ccccc1.OB(O)c1c(F)c(F)c(S)c(F)c1F. The van der Waals surface area contributed by atoms with Crippen LogP contribution >= 0.6 is 55.8 Å². The Bertz CT molecular complexity index is 1210. The van der Waals surface area contributed by atoms with E-state index >= 15 is 0 Å². The Morgan fingerprint density at radius 2 is 0.923 bits per heavy atom. The maximum Gasteiger partial charge on any atom is 0.494 e. The molecule has 0 saturated carbocycles. The predicted octanol–water partition coefficient (Wildman–Crippen LogP) is 4.56. The molecule has 0 aliphatic rings. The molecule has 0 bridgehead atoms. The number of hydrogen-bond acceptors (Lipinski definition) is 9. The largest absolute Gasteiger partial charge is 0.494 e. The van der Waals surface area contributed by atoms with E-state index in [1.807, 2.05) is 6.07 Å². The zero-order valence-corrected chi connectivity index (χ0v) is 23.6. The minimum Gasteiger partial charge on any atom is -0.423 e. The van der Waals surface area contributed by atoms with Crippen molar-refractivity contribution in [3.05, 3.63) is 76.9 Å². The van der Waals surface area contributed by atoms with Gasteiger partial charge in [0.15, 0.2) is 46.5 Å². The van der Waals surface area contributed by atoms with Crippen LogP contribution in [-0.4, -0.2) is 46.8 Å². The number of thiol groups is 1. The van der Waals surface area contributed by atoms with Gasteiger partial charge in [-0.1, -0.05) is 61.4 Å². The van der Waals surface area contributed by atoms with Gasteiger partial charge in [0.05, 0.1) is 20.7 Å². The van der Waals surface area contributed by atoms with Crippen molar-refractivity contribution < 1.29 is 55.2 Å². The van der Waals surface area contributed by atoms with E-state index in [0.29, 0.717) is 10.8 Å². The maximum atomic E-state index is 13.2. The average molecular weight is 654 g/mol. The van der Waals surface area contributed by atoms with E-state index in [-0.39, 0.29) is 0 Å². The third-order valence-electron chi connectivity index (χ3n) is 4.14. The fourth-order valence-electron chi connectivity index (χ4n) is 2.45. The molecule has 0 saturated heterocycles. The standard InChI is InChI=1S/C7H5BF4O2S2.C7H8S2.C6H3BF4O2S/c1-15-16-7-5(11)3(9)2(8(13)14)4(10)6(7)12;1-8-9-7-5-3-2-4-6-7;8-2-1(7(12)13)3(9)5(11)6(14)4(2)10/h13-14H,1H3;2-6H,1H3;12-14H. The van der Waals surface area contributed by atoms with E-state index in [1.165, 1.54) is 11.2 Å². The summed E-state index contributed by atoms with van der Waals surface area (Å²) in [5, 5.41) is 34.1. The van der Waals surface area contributed by atoms with Crippen molar-refractivity contribution >= 4 is 81.0 Å². The van der Waals surface area contributed by atoms with Crippen molar-refractivity contribution in [1.29, 1.82) is 0 Å². The highest BCUT2D eigenvalue weighted by Crippen LogP contribution is 2.34. The van der Waals surface area contributed by atoms with E-state index in [1.54, 1.807) is 21.6 Å². The summed E-state index contributed by atoms with van der Waals surface area (Å²) < 4.78 is 104. The summed E-state index contributed by atoms with van der Waals surface area (Å²) in [6, 6.07) is 10.4. The lowest BCUT2D eigenvalue weighted by molar-refractivity contribution is 0.399. The quantitative estimate of drug-likeness (QED) is 0.0872. The molecule has 212 valence electrons. The molecule has 0 fully saturated rings. The van der Waals surface area contributed by atoms with Gasteiger partial charge in [0, 0.05) is 4.90 Å². The van der Waals surface area contributed by atoms with Gasteiger partial charge in [0.1, 0.15) is 0 Å². The summed E-state index contributed by atoms with van der Waals surface area (Å²) in [5.74, 6) is -14.2. The second kappa shape index (κ2) is 16.9. The molecule has 0 unspecified atom stereocenters. The summed E-state index contributed by atoms with van der Waals surface area (Å²) >= 11 is 3.17. The van der Waals surface area contributed by atoms with E-state index < -0.39 is 81.5 Å². The highest BCUT2D eigenvalue weighted by Gasteiger charge is 2.32. The highest BCUT2D eigenvalue weighted by molar-refractivity contribution is 8.76. The molecular weight excluding hydrogens is 638 g/mol. The van der Waals surface area contributed by atoms with Gasteiger partial charge in [-0.05, 0) is 24.6 Å². The fourth-order valence-corrected chi connectivity index (χ4v) is 5.45. The fraction of sp³-hybridized carbons (Fsp3) is 0.100. The zero-order chi connectivity index (χ0) is 30.0. The maximum absolute atomic E-state index is 13.2. The lowest BCUT2D eigenvalue weighted by atomic mass is 9.79. The van der Waals surface area contributed by atoms with Crippen LogP contribution in [0, 0.1) is 46.5 Å². The Kier molecular flexibility index (Phi) is 15.6. The number of hydrogen-bond donors (Lipinski definition) is 5. The second-order valence-electron chi connectivity index (χ2n) is 6.58. The zero-order valence-electron chi connectivity index (χ0n) is 19.4. The van der Waals surface area contributed by atoms with E-state index in [9.17, 15) is 35.1 Å². The second-order valence-corrected chi connectivity index (χ2v) is 11.9. The molecule has 0 aromatic heterocycles. The van der Waals surface area contributed by atoms with Gasteiger partial charge in [-0.15, -0.1) is 12.6 Å². The van der Waals surface area contributed by atoms with Gasteiger partial charge in [-0.25, -0.2) is 35.1 Å². The Morgan fingerprint density at radius 3 is 1.26 bits per heavy atom. The Labute approximate surface area is 239 Å². The molecule has 0 aliphatic heterocycles. The van der Waals surface area contributed by atoms with Crippen LogP contribution in [0.4, 0.5) is 35.1 Å². The van der Waals surface area contributed by atoms with Gasteiger partial charge in [0.25, 0.3) is 0 Å². The molecule has 4 N–H and O–H groups in total. The first-order valence-electron chi connectivity index (χ1n) is 9.81. The molecular formula is C20H16B2F8O4S5. The van der Waals surface area contributed by atoms with Crippen molar-refractivity contribution in [1.82, 2.24) is 0 Å². The number of halogens is 8. The van der Waals surface area contributed by atoms with Gasteiger partial charge in [-0.3, -0.25) is 0 Å². The van der Waals surface area contributed by atoms with Gasteiger partial charge in [-0.2, -0.15) is 0 Å². The first kappa shape index (κ1) is 35.8. The lowest BCUT2D eigenvalue weighted by Gasteiger charge is -2.09. The van der Waals surface area contributed by atoms with Crippen LogP contribution < -0.4 is 10.9 Å². The number of rotatable bonds is 6. The summed E-state index contributed by atoms with van der Waals surface area (Å²) in [5.41, 5.74) is -2.90. The van der Waals surface area contributed by atoms with Crippen molar-refractivity contribution in [3.63, 3.8) is 0 Å². The van der Waals surface area contributed by atoms with Crippen molar-refractivity contribution in [2.75, 3.05) is 12.5 Å². The molecule has 3 aromatic carbocycles. The normalized spacial score (nSPS) is 10.3. The molecule has 0 spiro atoms. The van der Waals surface area contributed by atoms with Crippen LogP contribution in [0.25, 0.3) is 0 Å². The lowest BCUT2D eigenvalue weighted by Crippen LogP contribution is -2.37. The van der Waals surface area contributed by atoms with E-state index in [0.717, 1.165) is 10.8 Å². The van der Waals surface area contributed by atoms with E-state index in [2.05, 4.69) is 43.2 Å². The number of benzene rings is 3. The Hall–Kier alpha value is -1.18. The summed E-state index contributed by atoms with van der Waals surface area (Å²) in [6.07, 6.45) is 3.55. The molecule has 19 heteroatoms. The minimum absolute atomic E-state index is 0.501. The topological polar surface area (TPSA) is 80.9 Å². The van der Waals surface area contributed by atoms with Gasteiger partial charge in [0.2, 0.25) is 0 Å². The van der Waals surface area contributed by atoms with Crippen LogP contribution in [0.3, 0.4) is 0 Å². The van der Waals surface area contributed by atoms with Crippen molar-refractivity contribution in [2.24, 2.45) is 0 Å². The molecule has 39 heavy (non-hydrogen) atoms. The van der Waals surface area contributed by atoms with Crippen LogP contribution in [0.5, 0.6) is 0 Å². The van der Waals surface area contributed by atoms with Crippen molar-refractivity contribution in [2.45, 2.75) is 14.7 Å². The Balaban J connectivity index is 0.000000303. The minimum atomic E-state index is -2.63. The van der Waals surface area contributed by atoms with Gasteiger partial charge >= 0.3 is 14.2 Å². The van der Waals surface area contributed by atoms with Crippen LogP contribution in [0.15, 0.2) is 45.0 Å². The third kappa shape index (κ3) is 9.43. The highest BCUT2D eigenvalue weighted by atomic mass is 33.1. The monoisotopic (exact) mass is 654 g/mol. The first-order valence-corrected chi connectivity index (χ1v) is 15.4. The average Bonchev–Trinajstić information content (AvgIpc) is 2.89. The Morgan fingerprint density at radius 1 is 0.564 bits per heavy atom. The summed E-state index contributed by atoms with van der Waals surface area (Å²) in [4.78, 5) is -0.665. The summed E-state index contributed by atoms with van der Waals surface area (Å²) in [7, 11) is -0.288. The molecule has 0 heterocycles. The molecule has 3 aromatic rings. The molecule has 0 radical (unpaired) electrons. The molecule has 3 rings (SSSR count). The molecule has 0 aliphatic carbocycles. The van der Waals surface area contributed by atoms with Crippen LogP contribution in [0.2, 0.25) is 0 Å². The van der Waals surface area contributed by atoms with E-state index in [4.69, 9.17) is 20.1 Å².